The highest BCUT2D eigenvalue weighted by molar-refractivity contribution is 5.79. The Morgan fingerprint density at radius 2 is 1.30 bits per heavy atom. The van der Waals surface area contributed by atoms with Crippen molar-refractivity contribution in [2.24, 2.45) is 5.92 Å². The zero-order valence-electron chi connectivity index (χ0n) is 19.3. The zero-order valence-corrected chi connectivity index (χ0v) is 19.3. The Balaban J connectivity index is 1.41. The van der Waals surface area contributed by atoms with Crippen molar-refractivity contribution < 1.29 is 19.4 Å². The standard InChI is InChI=1S/C28H35NO4/c30-27(31)24-17-7-5-3-1-2-4-6-8-18-26(24)29-28(32)33-19-25-22-15-11-9-13-20(22)21-14-10-12-16-23(21)25/h9-16,24-26H,1-8,17-19H2,(H,29,32)(H,30,31)/t24?,26-/m0/s1. The van der Waals surface area contributed by atoms with Crippen LogP contribution in [0.15, 0.2) is 48.5 Å². The van der Waals surface area contributed by atoms with E-state index >= 15 is 0 Å². The zero-order chi connectivity index (χ0) is 23.0. The molecule has 5 heteroatoms. The third-order valence-corrected chi connectivity index (χ3v) is 7.23. The molecule has 0 radical (unpaired) electrons. The summed E-state index contributed by atoms with van der Waals surface area (Å²) in [5.74, 6) is -1.39. The number of hydrogen-bond acceptors (Lipinski definition) is 3. The Labute approximate surface area is 196 Å². The van der Waals surface area contributed by atoms with E-state index in [2.05, 4.69) is 29.6 Å². The molecule has 33 heavy (non-hydrogen) atoms. The molecule has 2 atom stereocenters. The molecule has 0 heterocycles. The topological polar surface area (TPSA) is 75.6 Å². The van der Waals surface area contributed by atoms with Crippen LogP contribution in [0.2, 0.25) is 0 Å². The van der Waals surface area contributed by atoms with Crippen LogP contribution < -0.4 is 5.32 Å². The SMILES string of the molecule is O=C(N[C@H]1CCCCCCCCCCC1C(=O)O)OCC1c2ccccc2-c2ccccc21. The van der Waals surface area contributed by atoms with E-state index in [4.69, 9.17) is 4.74 Å². The van der Waals surface area contributed by atoms with Gasteiger partial charge < -0.3 is 15.2 Å². The van der Waals surface area contributed by atoms with Gasteiger partial charge >= 0.3 is 12.1 Å². The second-order valence-corrected chi connectivity index (χ2v) is 9.43. The maximum absolute atomic E-state index is 12.8. The predicted molar refractivity (Wildman–Crippen MR) is 129 cm³/mol. The third-order valence-electron chi connectivity index (χ3n) is 7.23. The van der Waals surface area contributed by atoms with Gasteiger partial charge in [0.15, 0.2) is 0 Å². The molecule has 0 saturated heterocycles. The molecular formula is C28H35NO4. The molecule has 2 aliphatic rings. The minimum Gasteiger partial charge on any atom is -0.481 e. The number of benzene rings is 2. The molecular weight excluding hydrogens is 414 g/mol. The minimum atomic E-state index is -0.823. The second kappa shape index (κ2) is 11.4. The molecule has 1 fully saturated rings. The average molecular weight is 450 g/mol. The molecule has 0 bridgehead atoms. The number of alkyl carbamates (subject to hydrolysis) is 1. The van der Waals surface area contributed by atoms with Crippen molar-refractivity contribution in [1.29, 1.82) is 0 Å². The fourth-order valence-electron chi connectivity index (χ4n) is 5.45. The van der Waals surface area contributed by atoms with Crippen LogP contribution in [-0.2, 0) is 9.53 Å². The maximum atomic E-state index is 12.8. The lowest BCUT2D eigenvalue weighted by molar-refractivity contribution is -0.143. The van der Waals surface area contributed by atoms with Gasteiger partial charge in [-0.3, -0.25) is 4.79 Å². The van der Waals surface area contributed by atoms with Crippen molar-refractivity contribution in [2.75, 3.05) is 6.61 Å². The largest absolute Gasteiger partial charge is 0.481 e. The molecule has 2 aromatic carbocycles. The Kier molecular flexibility index (Phi) is 8.03. The van der Waals surface area contributed by atoms with Gasteiger partial charge in [-0.1, -0.05) is 99.9 Å². The summed E-state index contributed by atoms with van der Waals surface area (Å²) in [6, 6.07) is 16.1. The number of fused-ring (bicyclic) bond motifs is 3. The number of carbonyl (C=O) groups is 2. The lowest BCUT2D eigenvalue weighted by Gasteiger charge is -2.26. The second-order valence-electron chi connectivity index (χ2n) is 9.43. The summed E-state index contributed by atoms with van der Waals surface area (Å²) in [5.41, 5.74) is 4.71. The summed E-state index contributed by atoms with van der Waals surface area (Å²) in [6.07, 6.45) is 9.54. The van der Waals surface area contributed by atoms with Crippen LogP contribution in [0.5, 0.6) is 0 Å². The molecule has 5 nitrogen and oxygen atoms in total. The monoisotopic (exact) mass is 449 g/mol. The van der Waals surface area contributed by atoms with Crippen molar-refractivity contribution in [3.63, 3.8) is 0 Å². The summed E-state index contributed by atoms with van der Waals surface area (Å²) >= 11 is 0. The summed E-state index contributed by atoms with van der Waals surface area (Å²) < 4.78 is 5.70. The van der Waals surface area contributed by atoms with E-state index in [9.17, 15) is 14.7 Å². The fourth-order valence-corrected chi connectivity index (χ4v) is 5.45. The van der Waals surface area contributed by atoms with Crippen LogP contribution in [0.4, 0.5) is 4.79 Å². The van der Waals surface area contributed by atoms with Crippen molar-refractivity contribution in [3.05, 3.63) is 59.7 Å². The van der Waals surface area contributed by atoms with E-state index in [-0.39, 0.29) is 12.5 Å². The van der Waals surface area contributed by atoms with Gasteiger partial charge in [0.25, 0.3) is 0 Å². The summed E-state index contributed by atoms with van der Waals surface area (Å²) in [5, 5.41) is 12.8. The highest BCUT2D eigenvalue weighted by atomic mass is 16.5. The first-order valence-corrected chi connectivity index (χ1v) is 12.5. The number of hydrogen-bond donors (Lipinski definition) is 2. The van der Waals surface area contributed by atoms with Crippen LogP contribution in [0, 0.1) is 5.92 Å². The van der Waals surface area contributed by atoms with E-state index in [0.717, 1.165) is 32.1 Å². The Morgan fingerprint density at radius 3 is 1.88 bits per heavy atom. The van der Waals surface area contributed by atoms with Gasteiger partial charge in [0.2, 0.25) is 0 Å². The lowest BCUT2D eigenvalue weighted by Crippen LogP contribution is -2.44. The van der Waals surface area contributed by atoms with E-state index in [1.54, 1.807) is 0 Å². The highest BCUT2D eigenvalue weighted by Crippen LogP contribution is 2.44. The van der Waals surface area contributed by atoms with Crippen molar-refractivity contribution in [3.8, 4) is 11.1 Å². The van der Waals surface area contributed by atoms with Gasteiger partial charge in [0.1, 0.15) is 6.61 Å². The highest BCUT2D eigenvalue weighted by Gasteiger charge is 2.31. The quantitative estimate of drug-likeness (QED) is 0.558. The minimum absolute atomic E-state index is 0.00488. The molecule has 1 saturated carbocycles. The van der Waals surface area contributed by atoms with Gasteiger partial charge in [-0.15, -0.1) is 0 Å². The van der Waals surface area contributed by atoms with Crippen molar-refractivity contribution in [2.45, 2.75) is 76.2 Å². The number of carboxylic acid groups (broad SMARTS) is 1. The first kappa shape index (κ1) is 23.3. The van der Waals surface area contributed by atoms with Crippen LogP contribution in [0.1, 0.15) is 81.3 Å². The molecule has 2 N–H and O–H groups in total. The van der Waals surface area contributed by atoms with E-state index < -0.39 is 24.0 Å². The average Bonchev–Trinajstić information content (AvgIpc) is 3.13. The molecule has 4 rings (SSSR count). The molecule has 0 spiro atoms. The van der Waals surface area contributed by atoms with Crippen LogP contribution in [0.3, 0.4) is 0 Å². The van der Waals surface area contributed by atoms with Crippen LogP contribution in [-0.4, -0.2) is 29.8 Å². The number of ether oxygens (including phenoxy) is 1. The van der Waals surface area contributed by atoms with Crippen molar-refractivity contribution in [1.82, 2.24) is 5.32 Å². The Morgan fingerprint density at radius 1 is 0.788 bits per heavy atom. The van der Waals surface area contributed by atoms with Crippen molar-refractivity contribution >= 4 is 12.1 Å². The molecule has 1 unspecified atom stereocenters. The van der Waals surface area contributed by atoms with Gasteiger partial charge in [-0.25, -0.2) is 4.79 Å². The normalized spacial score (nSPS) is 21.7. The molecule has 2 aromatic rings. The van der Waals surface area contributed by atoms with E-state index in [0.29, 0.717) is 12.8 Å². The summed E-state index contributed by atoms with van der Waals surface area (Å²) in [7, 11) is 0. The van der Waals surface area contributed by atoms with E-state index in [1.165, 1.54) is 41.5 Å². The van der Waals surface area contributed by atoms with Gasteiger partial charge in [-0.2, -0.15) is 0 Å². The maximum Gasteiger partial charge on any atom is 0.407 e. The molecule has 0 aliphatic heterocycles. The fraction of sp³-hybridized carbons (Fsp3) is 0.500. The molecule has 0 aromatic heterocycles. The van der Waals surface area contributed by atoms with Gasteiger partial charge in [0.05, 0.1) is 5.92 Å². The molecule has 2 aliphatic carbocycles. The number of nitrogens with one attached hydrogen (secondary N) is 1. The number of carboxylic acids is 1. The first-order chi connectivity index (χ1) is 16.1. The summed E-state index contributed by atoms with van der Waals surface area (Å²) in [6.45, 7) is 0.240. The third kappa shape index (κ3) is 5.76. The van der Waals surface area contributed by atoms with E-state index in [1.807, 2.05) is 24.3 Å². The Bertz CT molecular complexity index is 911. The smallest absolute Gasteiger partial charge is 0.407 e. The van der Waals surface area contributed by atoms with Gasteiger partial charge in [-0.05, 0) is 35.1 Å². The molecule has 1 amide bonds. The predicted octanol–water partition coefficient (Wildman–Crippen LogP) is 6.51. The number of rotatable bonds is 4. The first-order valence-electron chi connectivity index (χ1n) is 12.5. The number of aliphatic carboxylic acids is 1. The van der Waals surface area contributed by atoms with Crippen LogP contribution in [0.25, 0.3) is 11.1 Å². The van der Waals surface area contributed by atoms with Crippen LogP contribution >= 0.6 is 0 Å². The number of amides is 1. The number of carbonyl (C=O) groups excluding carboxylic acids is 1. The lowest BCUT2D eigenvalue weighted by atomic mass is 9.88. The Hall–Kier alpha value is -2.82. The van der Waals surface area contributed by atoms with Gasteiger partial charge in [0, 0.05) is 12.0 Å². The summed E-state index contributed by atoms with van der Waals surface area (Å²) in [4.78, 5) is 24.8. The molecule has 176 valence electrons.